The quantitative estimate of drug-likeness (QED) is 0.325. The molecule has 3 unspecified atom stereocenters. The van der Waals surface area contributed by atoms with Crippen molar-refractivity contribution in [1.82, 2.24) is 5.32 Å². The van der Waals surface area contributed by atoms with Crippen LogP contribution in [0.25, 0.3) is 0 Å². The van der Waals surface area contributed by atoms with Crippen molar-refractivity contribution < 1.29 is 5.21 Å². The van der Waals surface area contributed by atoms with E-state index in [4.69, 9.17) is 10.9 Å². The van der Waals surface area contributed by atoms with Gasteiger partial charge in [0.2, 0.25) is 0 Å². The van der Waals surface area contributed by atoms with Crippen molar-refractivity contribution in [3.8, 4) is 0 Å². The molecule has 0 spiro atoms. The van der Waals surface area contributed by atoms with E-state index >= 15 is 0 Å². The number of benzene rings is 1. The summed E-state index contributed by atoms with van der Waals surface area (Å²) in [6, 6.07) is 10.9. The first kappa shape index (κ1) is 15.8. The van der Waals surface area contributed by atoms with E-state index in [1.165, 1.54) is 37.7 Å². The smallest absolute Gasteiger partial charge is 0.141 e. The highest BCUT2D eigenvalue weighted by atomic mass is 16.4. The second kappa shape index (κ2) is 8.03. The Hall–Kier alpha value is -1.55. The number of nitrogens with one attached hydrogen (secondary N) is 1. The van der Waals surface area contributed by atoms with E-state index < -0.39 is 0 Å². The van der Waals surface area contributed by atoms with Crippen LogP contribution in [0.2, 0.25) is 0 Å². The van der Waals surface area contributed by atoms with Crippen molar-refractivity contribution in [3.63, 3.8) is 0 Å². The third-order valence-corrected chi connectivity index (χ3v) is 4.54. The first-order valence-electron chi connectivity index (χ1n) is 8.00. The number of nitrogens with zero attached hydrogens (tertiary/aromatic N) is 1. The average molecular weight is 289 g/mol. The molecule has 3 atom stereocenters. The maximum absolute atomic E-state index is 8.85. The second-order valence-corrected chi connectivity index (χ2v) is 6.06. The number of oxime groups is 1. The molecule has 0 bridgehead atoms. The number of amidine groups is 1. The predicted octanol–water partition coefficient (Wildman–Crippen LogP) is 3.42. The highest BCUT2D eigenvalue weighted by Crippen LogP contribution is 2.29. The summed E-state index contributed by atoms with van der Waals surface area (Å²) in [6.07, 6.45) is 6.89. The van der Waals surface area contributed by atoms with Gasteiger partial charge in [0, 0.05) is 18.5 Å². The SMILES string of the molecule is CCC1CCCC(NC(CC(N)=NO)c2ccccc2)C1. The molecular formula is C17H27N3O. The monoisotopic (exact) mass is 289 g/mol. The Bertz CT molecular complexity index is 447. The molecule has 1 aromatic carbocycles. The normalized spacial score (nSPS) is 24.7. The molecule has 0 aliphatic heterocycles. The number of nitrogens with two attached hydrogens (primary N) is 1. The van der Waals surface area contributed by atoms with E-state index in [0.717, 1.165) is 5.92 Å². The topological polar surface area (TPSA) is 70.6 Å². The molecule has 0 amide bonds. The highest BCUT2D eigenvalue weighted by molar-refractivity contribution is 5.80. The van der Waals surface area contributed by atoms with E-state index in [9.17, 15) is 0 Å². The molecule has 0 heterocycles. The van der Waals surface area contributed by atoms with Crippen LogP contribution in [0.1, 0.15) is 57.1 Å². The fourth-order valence-corrected chi connectivity index (χ4v) is 3.31. The molecule has 1 aliphatic carbocycles. The standard InChI is InChI=1S/C17H27N3O/c1-2-13-7-6-10-15(11-13)19-16(12-17(18)20-21)14-8-4-3-5-9-14/h3-5,8-9,13,15-16,19,21H,2,6-7,10-12H2,1H3,(H2,18,20). The zero-order valence-corrected chi connectivity index (χ0v) is 12.8. The van der Waals surface area contributed by atoms with Gasteiger partial charge < -0.3 is 16.3 Å². The second-order valence-electron chi connectivity index (χ2n) is 6.06. The van der Waals surface area contributed by atoms with Gasteiger partial charge in [-0.2, -0.15) is 0 Å². The molecular weight excluding hydrogens is 262 g/mol. The fourth-order valence-electron chi connectivity index (χ4n) is 3.31. The predicted molar refractivity (Wildman–Crippen MR) is 86.4 cm³/mol. The highest BCUT2D eigenvalue weighted by Gasteiger charge is 2.24. The molecule has 116 valence electrons. The molecule has 1 fully saturated rings. The summed E-state index contributed by atoms with van der Waals surface area (Å²) in [6.45, 7) is 2.28. The summed E-state index contributed by atoms with van der Waals surface area (Å²) < 4.78 is 0. The molecule has 1 aliphatic rings. The Labute approximate surface area is 127 Å². The summed E-state index contributed by atoms with van der Waals surface area (Å²) in [4.78, 5) is 0. The van der Waals surface area contributed by atoms with Gasteiger partial charge in [0.15, 0.2) is 0 Å². The van der Waals surface area contributed by atoms with Gasteiger partial charge in [0.1, 0.15) is 5.84 Å². The van der Waals surface area contributed by atoms with Gasteiger partial charge in [-0.25, -0.2) is 0 Å². The fraction of sp³-hybridized carbons (Fsp3) is 0.588. The van der Waals surface area contributed by atoms with Crippen LogP contribution in [0.4, 0.5) is 0 Å². The Morgan fingerprint density at radius 2 is 2.14 bits per heavy atom. The van der Waals surface area contributed by atoms with Gasteiger partial charge in [-0.05, 0) is 24.3 Å². The lowest BCUT2D eigenvalue weighted by Gasteiger charge is -2.32. The maximum Gasteiger partial charge on any atom is 0.141 e. The minimum Gasteiger partial charge on any atom is -0.409 e. The van der Waals surface area contributed by atoms with Gasteiger partial charge in [0.25, 0.3) is 0 Å². The molecule has 2 rings (SSSR count). The van der Waals surface area contributed by atoms with Crippen LogP contribution >= 0.6 is 0 Å². The van der Waals surface area contributed by atoms with Crippen LogP contribution in [-0.4, -0.2) is 17.1 Å². The van der Waals surface area contributed by atoms with Gasteiger partial charge in [-0.1, -0.05) is 61.7 Å². The van der Waals surface area contributed by atoms with Crippen molar-refractivity contribution in [2.45, 2.75) is 57.5 Å². The Kier molecular flexibility index (Phi) is 6.05. The van der Waals surface area contributed by atoms with Crippen molar-refractivity contribution in [2.24, 2.45) is 16.8 Å². The largest absolute Gasteiger partial charge is 0.409 e. The zero-order chi connectivity index (χ0) is 15.1. The minimum absolute atomic E-state index is 0.114. The summed E-state index contributed by atoms with van der Waals surface area (Å²) in [5.74, 6) is 1.11. The molecule has 21 heavy (non-hydrogen) atoms. The van der Waals surface area contributed by atoms with Crippen molar-refractivity contribution in [3.05, 3.63) is 35.9 Å². The first-order valence-corrected chi connectivity index (χ1v) is 8.00. The van der Waals surface area contributed by atoms with E-state index in [1.807, 2.05) is 18.2 Å². The van der Waals surface area contributed by atoms with Gasteiger partial charge in [-0.15, -0.1) is 0 Å². The van der Waals surface area contributed by atoms with Crippen LogP contribution in [-0.2, 0) is 0 Å². The van der Waals surface area contributed by atoms with Crippen LogP contribution in [0.3, 0.4) is 0 Å². The molecule has 4 heteroatoms. The van der Waals surface area contributed by atoms with Gasteiger partial charge in [-0.3, -0.25) is 0 Å². The third kappa shape index (κ3) is 4.74. The Morgan fingerprint density at radius 3 is 2.81 bits per heavy atom. The lowest BCUT2D eigenvalue weighted by atomic mass is 9.83. The lowest BCUT2D eigenvalue weighted by Crippen LogP contribution is -2.38. The molecule has 4 N–H and O–H groups in total. The van der Waals surface area contributed by atoms with Crippen molar-refractivity contribution >= 4 is 5.84 Å². The summed E-state index contributed by atoms with van der Waals surface area (Å²) in [5.41, 5.74) is 6.93. The van der Waals surface area contributed by atoms with E-state index in [-0.39, 0.29) is 11.9 Å². The van der Waals surface area contributed by atoms with Crippen molar-refractivity contribution in [1.29, 1.82) is 0 Å². The molecule has 0 saturated heterocycles. The minimum atomic E-state index is 0.114. The third-order valence-electron chi connectivity index (χ3n) is 4.54. The molecule has 0 aromatic heterocycles. The lowest BCUT2D eigenvalue weighted by molar-refractivity contribution is 0.262. The van der Waals surface area contributed by atoms with Crippen LogP contribution in [0.15, 0.2) is 35.5 Å². The summed E-state index contributed by atoms with van der Waals surface area (Å²) >= 11 is 0. The first-order chi connectivity index (χ1) is 10.2. The van der Waals surface area contributed by atoms with E-state index in [0.29, 0.717) is 12.5 Å². The molecule has 1 saturated carbocycles. The van der Waals surface area contributed by atoms with E-state index in [2.05, 4.69) is 29.5 Å². The van der Waals surface area contributed by atoms with Gasteiger partial charge in [0.05, 0.1) is 0 Å². The van der Waals surface area contributed by atoms with Crippen molar-refractivity contribution in [2.75, 3.05) is 0 Å². The number of hydrogen-bond acceptors (Lipinski definition) is 3. The molecule has 0 radical (unpaired) electrons. The summed E-state index contributed by atoms with van der Waals surface area (Å²) in [5, 5.41) is 15.7. The summed E-state index contributed by atoms with van der Waals surface area (Å²) in [7, 11) is 0. The number of rotatable bonds is 6. The van der Waals surface area contributed by atoms with E-state index in [1.54, 1.807) is 0 Å². The molecule has 1 aromatic rings. The Morgan fingerprint density at radius 1 is 1.38 bits per heavy atom. The van der Waals surface area contributed by atoms with Crippen LogP contribution in [0, 0.1) is 5.92 Å². The molecule has 4 nitrogen and oxygen atoms in total. The number of hydrogen-bond donors (Lipinski definition) is 3. The van der Waals surface area contributed by atoms with Crippen LogP contribution < -0.4 is 11.1 Å². The maximum atomic E-state index is 8.85. The zero-order valence-electron chi connectivity index (χ0n) is 12.8. The Balaban J connectivity index is 2.05. The van der Waals surface area contributed by atoms with Gasteiger partial charge >= 0.3 is 0 Å². The average Bonchev–Trinajstić information content (AvgIpc) is 2.55. The van der Waals surface area contributed by atoms with Crippen LogP contribution in [0.5, 0.6) is 0 Å².